The second kappa shape index (κ2) is 7.74. The average Bonchev–Trinajstić information content (AvgIpc) is 2.38. The van der Waals surface area contributed by atoms with Gasteiger partial charge >= 0.3 is 5.97 Å². The van der Waals surface area contributed by atoms with Crippen molar-refractivity contribution in [2.24, 2.45) is 0 Å². The van der Waals surface area contributed by atoms with Crippen molar-refractivity contribution in [1.29, 1.82) is 0 Å². The molecule has 0 aliphatic carbocycles. The Bertz CT molecular complexity index is 400. The number of esters is 1. The number of halogens is 1. The van der Waals surface area contributed by atoms with Gasteiger partial charge < -0.3 is 9.47 Å². The lowest BCUT2D eigenvalue weighted by molar-refractivity contribution is 0.0597. The van der Waals surface area contributed by atoms with Gasteiger partial charge in [0.15, 0.2) is 0 Å². The molecule has 0 bridgehead atoms. The van der Waals surface area contributed by atoms with Crippen LogP contribution in [0.15, 0.2) is 18.7 Å². The van der Waals surface area contributed by atoms with Gasteiger partial charge in [-0.05, 0) is 12.1 Å². The summed E-state index contributed by atoms with van der Waals surface area (Å²) in [7, 11) is 2.78. The Morgan fingerprint density at radius 3 is 2.35 bits per heavy atom. The molecule has 0 saturated heterocycles. The van der Waals surface area contributed by atoms with Crippen molar-refractivity contribution in [3.63, 3.8) is 0 Å². The topological polar surface area (TPSA) is 35.5 Å². The Morgan fingerprint density at radius 2 is 1.94 bits per heavy atom. The summed E-state index contributed by atoms with van der Waals surface area (Å²) >= 11 is 5.85. The smallest absolute Gasteiger partial charge is 0.341 e. The minimum absolute atomic E-state index is 0.294. The van der Waals surface area contributed by atoms with Crippen LogP contribution in [0.4, 0.5) is 0 Å². The van der Waals surface area contributed by atoms with E-state index in [9.17, 15) is 4.79 Å². The molecule has 0 atom stereocenters. The van der Waals surface area contributed by atoms with E-state index in [1.54, 1.807) is 12.1 Å². The first-order valence-electron chi connectivity index (χ1n) is 5.22. The molecule has 0 saturated carbocycles. The highest BCUT2D eigenvalue weighted by atomic mass is 35.5. The van der Waals surface area contributed by atoms with Crippen LogP contribution in [0.3, 0.4) is 0 Å². The highest BCUT2D eigenvalue weighted by Crippen LogP contribution is 2.29. The fraction of sp³-hybridized carbons (Fsp3) is 0.308. The van der Waals surface area contributed by atoms with E-state index in [1.807, 2.05) is 13.8 Å². The Kier molecular flexibility index (Phi) is 7.06. The summed E-state index contributed by atoms with van der Waals surface area (Å²) in [6, 6.07) is 3.17. The Labute approximate surface area is 107 Å². The molecule has 0 unspecified atom stereocenters. The minimum atomic E-state index is -0.488. The second-order valence-corrected chi connectivity index (χ2v) is 3.21. The number of carbonyl (C=O) groups excluding carboxylic acids is 1. The van der Waals surface area contributed by atoms with Crippen LogP contribution in [-0.4, -0.2) is 20.2 Å². The van der Waals surface area contributed by atoms with Crippen molar-refractivity contribution in [3.05, 3.63) is 34.9 Å². The summed E-state index contributed by atoms with van der Waals surface area (Å²) in [6.07, 6.45) is 1.57. The lowest BCUT2D eigenvalue weighted by Gasteiger charge is -2.10. The quantitative estimate of drug-likeness (QED) is 0.772. The molecule has 0 aliphatic heterocycles. The van der Waals surface area contributed by atoms with Crippen LogP contribution in [-0.2, 0) is 4.74 Å². The highest BCUT2D eigenvalue weighted by molar-refractivity contribution is 6.31. The second-order valence-electron chi connectivity index (χ2n) is 2.77. The van der Waals surface area contributed by atoms with Gasteiger partial charge in [0.2, 0.25) is 0 Å². The SMILES string of the molecule is C=Cc1cc(Cl)cc(C(=O)OC)c1OC.CC. The molecule has 0 fully saturated rings. The van der Waals surface area contributed by atoms with E-state index in [4.69, 9.17) is 16.3 Å². The third kappa shape index (κ3) is 3.79. The molecule has 0 radical (unpaired) electrons. The number of hydrogen-bond donors (Lipinski definition) is 0. The van der Waals surface area contributed by atoms with Gasteiger partial charge in [-0.25, -0.2) is 4.79 Å². The maximum Gasteiger partial charge on any atom is 0.341 e. The molecule has 0 spiro atoms. The van der Waals surface area contributed by atoms with Crippen LogP contribution >= 0.6 is 11.6 Å². The van der Waals surface area contributed by atoms with Crippen molar-refractivity contribution in [1.82, 2.24) is 0 Å². The number of benzene rings is 1. The van der Waals surface area contributed by atoms with Crippen LogP contribution in [0, 0.1) is 0 Å². The van der Waals surface area contributed by atoms with Gasteiger partial charge in [0, 0.05) is 10.6 Å². The third-order valence-electron chi connectivity index (χ3n) is 1.91. The predicted molar refractivity (Wildman–Crippen MR) is 70.8 cm³/mol. The first-order chi connectivity index (χ1) is 8.13. The highest BCUT2D eigenvalue weighted by Gasteiger charge is 2.16. The van der Waals surface area contributed by atoms with Crippen LogP contribution < -0.4 is 4.74 Å². The minimum Gasteiger partial charge on any atom is -0.495 e. The normalized spacial score (nSPS) is 8.76. The largest absolute Gasteiger partial charge is 0.495 e. The van der Waals surface area contributed by atoms with Crippen molar-refractivity contribution < 1.29 is 14.3 Å². The predicted octanol–water partition coefficient (Wildman–Crippen LogP) is 3.80. The van der Waals surface area contributed by atoms with Gasteiger partial charge in [-0.3, -0.25) is 0 Å². The van der Waals surface area contributed by atoms with Crippen LogP contribution in [0.1, 0.15) is 29.8 Å². The van der Waals surface area contributed by atoms with Gasteiger partial charge in [-0.15, -0.1) is 0 Å². The summed E-state index contributed by atoms with van der Waals surface area (Å²) in [4.78, 5) is 11.4. The van der Waals surface area contributed by atoms with Crippen molar-refractivity contribution in [2.75, 3.05) is 14.2 Å². The average molecular weight is 257 g/mol. The molecule has 0 heterocycles. The molecule has 0 aliphatic rings. The van der Waals surface area contributed by atoms with E-state index in [-0.39, 0.29) is 0 Å². The summed E-state index contributed by atoms with van der Waals surface area (Å²) in [5.41, 5.74) is 0.952. The van der Waals surface area contributed by atoms with Crippen molar-refractivity contribution in [2.45, 2.75) is 13.8 Å². The molecule has 0 amide bonds. The van der Waals surface area contributed by atoms with E-state index in [2.05, 4.69) is 11.3 Å². The molecule has 94 valence electrons. The molecule has 17 heavy (non-hydrogen) atoms. The van der Waals surface area contributed by atoms with Gasteiger partial charge in [0.25, 0.3) is 0 Å². The van der Waals surface area contributed by atoms with Gasteiger partial charge in [-0.1, -0.05) is 38.1 Å². The fourth-order valence-corrected chi connectivity index (χ4v) is 1.48. The zero-order valence-corrected chi connectivity index (χ0v) is 11.3. The molecular formula is C13H17ClO3. The van der Waals surface area contributed by atoms with Gasteiger partial charge in [0.1, 0.15) is 11.3 Å². The number of methoxy groups -OCH3 is 2. The van der Waals surface area contributed by atoms with Crippen LogP contribution in [0.25, 0.3) is 6.08 Å². The molecule has 1 rings (SSSR count). The maximum atomic E-state index is 11.4. The third-order valence-corrected chi connectivity index (χ3v) is 2.13. The Hall–Kier alpha value is -1.48. The standard InChI is InChI=1S/C11H11ClO3.C2H6/c1-4-7-5-8(12)6-9(10(7)14-2)11(13)15-3;1-2/h4-6H,1H2,2-3H3;1-2H3. The van der Waals surface area contributed by atoms with E-state index in [0.717, 1.165) is 0 Å². The fourth-order valence-electron chi connectivity index (χ4n) is 1.26. The summed E-state index contributed by atoms with van der Waals surface area (Å²) in [6.45, 7) is 7.62. The van der Waals surface area contributed by atoms with E-state index < -0.39 is 5.97 Å². The first kappa shape index (κ1) is 15.5. The lowest BCUT2D eigenvalue weighted by Crippen LogP contribution is -2.05. The molecule has 0 aromatic heterocycles. The zero-order chi connectivity index (χ0) is 13.4. The number of hydrogen-bond acceptors (Lipinski definition) is 3. The molecule has 4 heteroatoms. The van der Waals surface area contributed by atoms with E-state index in [1.165, 1.54) is 20.3 Å². The van der Waals surface area contributed by atoms with Gasteiger partial charge in [-0.2, -0.15) is 0 Å². The van der Waals surface area contributed by atoms with Crippen molar-refractivity contribution in [3.8, 4) is 5.75 Å². The molecule has 1 aromatic carbocycles. The van der Waals surface area contributed by atoms with E-state index in [0.29, 0.717) is 21.9 Å². The van der Waals surface area contributed by atoms with Crippen LogP contribution in [0.2, 0.25) is 5.02 Å². The Balaban J connectivity index is 0.00000121. The number of ether oxygens (including phenoxy) is 2. The molecular weight excluding hydrogens is 240 g/mol. The molecule has 0 N–H and O–H groups in total. The van der Waals surface area contributed by atoms with Gasteiger partial charge in [0.05, 0.1) is 14.2 Å². The summed E-state index contributed by atoms with van der Waals surface area (Å²) in [5.74, 6) is -0.0706. The molecule has 1 aromatic rings. The number of rotatable bonds is 3. The first-order valence-corrected chi connectivity index (χ1v) is 5.60. The monoisotopic (exact) mass is 256 g/mol. The lowest BCUT2D eigenvalue weighted by atomic mass is 10.1. The maximum absolute atomic E-state index is 11.4. The van der Waals surface area contributed by atoms with Crippen molar-refractivity contribution >= 4 is 23.6 Å². The summed E-state index contributed by atoms with van der Waals surface area (Å²) in [5, 5.41) is 0.436. The van der Waals surface area contributed by atoms with E-state index >= 15 is 0 Å². The molecule has 3 nitrogen and oxygen atoms in total. The number of carbonyl (C=O) groups is 1. The zero-order valence-electron chi connectivity index (χ0n) is 10.5. The van der Waals surface area contributed by atoms with Crippen LogP contribution in [0.5, 0.6) is 5.75 Å². The Morgan fingerprint density at radius 1 is 1.35 bits per heavy atom. The summed E-state index contributed by atoms with van der Waals surface area (Å²) < 4.78 is 9.74.